The molecular weight excluding hydrogens is 246 g/mol. The molecule has 1 rings (SSSR count). The number of ether oxygens (including phenoxy) is 1. The highest BCUT2D eigenvalue weighted by atomic mass is 16.5. The Morgan fingerprint density at radius 1 is 1.26 bits per heavy atom. The molecule has 19 heavy (non-hydrogen) atoms. The van der Waals surface area contributed by atoms with Crippen LogP contribution in [0.15, 0.2) is 0 Å². The molecule has 2 amide bonds. The monoisotopic (exact) mass is 271 g/mol. The van der Waals surface area contributed by atoms with E-state index in [-0.39, 0.29) is 18.0 Å². The van der Waals surface area contributed by atoms with Crippen LogP contribution in [0.3, 0.4) is 0 Å². The highest BCUT2D eigenvalue weighted by Crippen LogP contribution is 2.29. The van der Waals surface area contributed by atoms with Crippen molar-refractivity contribution < 1.29 is 14.3 Å². The van der Waals surface area contributed by atoms with E-state index in [1.807, 2.05) is 0 Å². The van der Waals surface area contributed by atoms with Crippen LogP contribution >= 0.6 is 0 Å². The third kappa shape index (κ3) is 5.92. The van der Waals surface area contributed by atoms with Crippen molar-refractivity contribution in [1.29, 1.82) is 0 Å². The van der Waals surface area contributed by atoms with Crippen molar-refractivity contribution in [3.8, 4) is 0 Å². The van der Waals surface area contributed by atoms with Crippen molar-refractivity contribution >= 4 is 12.0 Å². The molecule has 1 heterocycles. The topological polar surface area (TPSA) is 70.7 Å². The molecule has 0 aromatic heterocycles. The highest BCUT2D eigenvalue weighted by Gasteiger charge is 2.29. The zero-order chi connectivity index (χ0) is 14.3. The fraction of sp³-hybridized carbons (Fsp3) is 0.846. The van der Waals surface area contributed by atoms with Gasteiger partial charge >= 0.3 is 12.0 Å². The molecule has 0 aromatic rings. The number of likely N-dealkylation sites (tertiary alicyclic amines) is 1. The summed E-state index contributed by atoms with van der Waals surface area (Å²) in [5.41, 5.74) is 0.147. The fourth-order valence-corrected chi connectivity index (χ4v) is 2.06. The number of amides is 2. The highest BCUT2D eigenvalue weighted by molar-refractivity contribution is 5.80. The van der Waals surface area contributed by atoms with Gasteiger partial charge in [0.05, 0.1) is 6.61 Å². The number of hydrogen-bond donors (Lipinski definition) is 2. The summed E-state index contributed by atoms with van der Waals surface area (Å²) in [4.78, 5) is 24.9. The molecule has 1 fully saturated rings. The SMILES string of the molecule is CCOC(=O)CNC(=O)NCC1(C)CCN(C)CC1. The van der Waals surface area contributed by atoms with Gasteiger partial charge in [-0.3, -0.25) is 4.79 Å². The van der Waals surface area contributed by atoms with Gasteiger partial charge in [-0.2, -0.15) is 0 Å². The molecule has 6 heteroatoms. The summed E-state index contributed by atoms with van der Waals surface area (Å²) in [6.07, 6.45) is 2.14. The second kappa shape index (κ2) is 7.33. The lowest BCUT2D eigenvalue weighted by atomic mass is 9.80. The number of nitrogens with zero attached hydrogens (tertiary/aromatic N) is 1. The second-order valence-electron chi connectivity index (χ2n) is 5.46. The predicted molar refractivity (Wildman–Crippen MR) is 72.9 cm³/mol. The van der Waals surface area contributed by atoms with Crippen molar-refractivity contribution in [3.05, 3.63) is 0 Å². The van der Waals surface area contributed by atoms with E-state index < -0.39 is 5.97 Å². The minimum absolute atomic E-state index is 0.0842. The number of rotatable bonds is 5. The van der Waals surface area contributed by atoms with Crippen molar-refractivity contribution in [2.45, 2.75) is 26.7 Å². The largest absolute Gasteiger partial charge is 0.465 e. The van der Waals surface area contributed by atoms with Crippen LogP contribution in [0.1, 0.15) is 26.7 Å². The van der Waals surface area contributed by atoms with Crippen LogP contribution in [0, 0.1) is 5.41 Å². The summed E-state index contributed by atoms with van der Waals surface area (Å²) in [6, 6.07) is -0.312. The van der Waals surface area contributed by atoms with Crippen LogP contribution in [-0.2, 0) is 9.53 Å². The molecule has 0 aliphatic carbocycles. The average Bonchev–Trinajstić information content (AvgIpc) is 2.38. The average molecular weight is 271 g/mol. The van der Waals surface area contributed by atoms with Crippen LogP contribution < -0.4 is 10.6 Å². The predicted octanol–water partition coefficient (Wildman–Crippen LogP) is 0.581. The van der Waals surface area contributed by atoms with Gasteiger partial charge in [0.2, 0.25) is 0 Å². The molecule has 0 spiro atoms. The quantitative estimate of drug-likeness (QED) is 0.718. The normalized spacial score (nSPS) is 18.7. The maximum absolute atomic E-state index is 11.6. The number of hydrogen-bond acceptors (Lipinski definition) is 4. The van der Waals surface area contributed by atoms with Crippen molar-refractivity contribution in [2.24, 2.45) is 5.41 Å². The van der Waals surface area contributed by atoms with Crippen molar-refractivity contribution in [1.82, 2.24) is 15.5 Å². The van der Waals surface area contributed by atoms with Crippen molar-refractivity contribution in [2.75, 3.05) is 39.8 Å². The molecule has 1 saturated heterocycles. The molecule has 0 aromatic carbocycles. The third-order valence-corrected chi connectivity index (χ3v) is 3.57. The molecule has 110 valence electrons. The molecule has 0 radical (unpaired) electrons. The molecule has 2 N–H and O–H groups in total. The Bertz CT molecular complexity index is 312. The van der Waals surface area contributed by atoms with Gasteiger partial charge in [-0.1, -0.05) is 6.92 Å². The van der Waals surface area contributed by atoms with E-state index in [0.717, 1.165) is 25.9 Å². The van der Waals surface area contributed by atoms with Crippen LogP contribution in [0.2, 0.25) is 0 Å². The number of esters is 1. The lowest BCUT2D eigenvalue weighted by molar-refractivity contribution is -0.141. The molecule has 1 aliphatic heterocycles. The summed E-state index contributed by atoms with van der Waals surface area (Å²) >= 11 is 0. The number of piperidine rings is 1. The first-order valence-electron chi connectivity index (χ1n) is 6.81. The molecular formula is C13H25N3O3. The molecule has 0 atom stereocenters. The van der Waals surface area contributed by atoms with Gasteiger partial charge in [0.15, 0.2) is 0 Å². The Morgan fingerprint density at radius 2 is 1.89 bits per heavy atom. The fourth-order valence-electron chi connectivity index (χ4n) is 2.06. The Kier molecular flexibility index (Phi) is 6.08. The van der Waals surface area contributed by atoms with Crippen molar-refractivity contribution in [3.63, 3.8) is 0 Å². The van der Waals surface area contributed by atoms with E-state index >= 15 is 0 Å². The van der Waals surface area contributed by atoms with Gasteiger partial charge in [-0.15, -0.1) is 0 Å². The van der Waals surface area contributed by atoms with E-state index in [1.54, 1.807) is 6.92 Å². The summed E-state index contributed by atoms with van der Waals surface area (Å²) in [5, 5.41) is 5.33. The van der Waals surface area contributed by atoms with Crippen LogP contribution in [-0.4, -0.2) is 56.7 Å². The van der Waals surface area contributed by atoms with Gasteiger partial charge in [-0.25, -0.2) is 4.79 Å². The van der Waals surface area contributed by atoms with Gasteiger partial charge < -0.3 is 20.3 Å². The summed E-state index contributed by atoms with van der Waals surface area (Å²) in [5.74, 6) is -0.414. The first-order chi connectivity index (χ1) is 8.95. The smallest absolute Gasteiger partial charge is 0.325 e. The number of carbonyl (C=O) groups is 2. The Hall–Kier alpha value is -1.30. The minimum atomic E-state index is -0.414. The Balaban J connectivity index is 2.21. The van der Waals surface area contributed by atoms with Gasteiger partial charge in [-0.05, 0) is 45.3 Å². The van der Waals surface area contributed by atoms with E-state index in [4.69, 9.17) is 4.74 Å². The van der Waals surface area contributed by atoms with Gasteiger partial charge in [0, 0.05) is 6.54 Å². The van der Waals surface area contributed by atoms with Gasteiger partial charge in [0.1, 0.15) is 6.54 Å². The number of carbonyl (C=O) groups excluding carboxylic acids is 2. The van der Waals surface area contributed by atoms with E-state index in [9.17, 15) is 9.59 Å². The maximum atomic E-state index is 11.6. The lowest BCUT2D eigenvalue weighted by Crippen LogP contribution is -2.46. The summed E-state index contributed by atoms with van der Waals surface area (Å²) < 4.78 is 4.73. The Morgan fingerprint density at radius 3 is 2.47 bits per heavy atom. The number of nitrogens with one attached hydrogen (secondary N) is 2. The zero-order valence-corrected chi connectivity index (χ0v) is 12.1. The van der Waals surface area contributed by atoms with Gasteiger partial charge in [0.25, 0.3) is 0 Å². The third-order valence-electron chi connectivity index (χ3n) is 3.57. The van der Waals surface area contributed by atoms with E-state index in [0.29, 0.717) is 13.2 Å². The molecule has 1 aliphatic rings. The number of urea groups is 1. The first kappa shape index (κ1) is 15.8. The maximum Gasteiger partial charge on any atom is 0.325 e. The summed E-state index contributed by atoms with van der Waals surface area (Å²) in [6.45, 7) is 6.91. The first-order valence-corrected chi connectivity index (χ1v) is 6.81. The molecule has 0 saturated carbocycles. The molecule has 0 bridgehead atoms. The van der Waals surface area contributed by atoms with E-state index in [2.05, 4.69) is 29.5 Å². The summed E-state index contributed by atoms with van der Waals surface area (Å²) in [7, 11) is 2.11. The molecule has 6 nitrogen and oxygen atoms in total. The van der Waals surface area contributed by atoms with Crippen LogP contribution in [0.5, 0.6) is 0 Å². The zero-order valence-electron chi connectivity index (χ0n) is 12.1. The Labute approximate surface area is 114 Å². The van der Waals surface area contributed by atoms with Crippen LogP contribution in [0.25, 0.3) is 0 Å². The van der Waals surface area contributed by atoms with E-state index in [1.165, 1.54) is 0 Å². The lowest BCUT2D eigenvalue weighted by Gasteiger charge is -2.37. The van der Waals surface area contributed by atoms with Crippen LogP contribution in [0.4, 0.5) is 4.79 Å². The minimum Gasteiger partial charge on any atom is -0.465 e. The second-order valence-corrected chi connectivity index (χ2v) is 5.46. The standard InChI is InChI=1S/C13H25N3O3/c1-4-19-11(17)9-14-12(18)15-10-13(2)5-7-16(3)8-6-13/h4-10H2,1-3H3,(H2,14,15,18). The molecule has 0 unspecified atom stereocenters.